The first-order valence-electron chi connectivity index (χ1n) is 6.77. The molecule has 0 radical (unpaired) electrons. The van der Waals surface area contributed by atoms with Crippen molar-refractivity contribution in [1.82, 2.24) is 9.55 Å². The van der Waals surface area contributed by atoms with Crippen LogP contribution in [0.3, 0.4) is 0 Å². The summed E-state index contributed by atoms with van der Waals surface area (Å²) in [6.07, 6.45) is 1.78. The van der Waals surface area contributed by atoms with Crippen LogP contribution in [-0.4, -0.2) is 27.9 Å². The van der Waals surface area contributed by atoms with Crippen molar-refractivity contribution in [2.24, 2.45) is 5.41 Å². The van der Waals surface area contributed by atoms with Crippen LogP contribution in [0.5, 0.6) is 0 Å². The number of aromatic nitrogens is 2. The molecule has 7 nitrogen and oxygen atoms in total. The third kappa shape index (κ3) is 3.68. The molecule has 0 unspecified atom stereocenters. The number of H-pyrrole nitrogens is 1. The molecular formula is C14H20N2O5. The molecule has 116 valence electrons. The minimum atomic E-state index is -1.35. The van der Waals surface area contributed by atoms with Gasteiger partial charge in [-0.15, -0.1) is 0 Å². The fraction of sp³-hybridized carbons (Fsp3) is 0.571. The standard InChI is InChI=1S/C14H20N2O5/c1-5-9-7-16(13(20)15-11(9)18)8-10(17)14(3,4)12(19)21-6-2/h7H,5-6,8H2,1-4H3,(H,15,18,20). The number of ketones is 1. The van der Waals surface area contributed by atoms with Crippen LogP contribution in [-0.2, 0) is 27.3 Å². The number of nitrogens with zero attached hydrogens (tertiary/aromatic N) is 1. The molecule has 21 heavy (non-hydrogen) atoms. The Bertz CT molecular complexity index is 654. The number of carbonyl (C=O) groups excluding carboxylic acids is 2. The van der Waals surface area contributed by atoms with Gasteiger partial charge in [-0.1, -0.05) is 6.92 Å². The molecule has 1 N–H and O–H groups in total. The normalized spacial score (nSPS) is 11.2. The molecule has 0 atom stereocenters. The van der Waals surface area contributed by atoms with Crippen molar-refractivity contribution in [2.75, 3.05) is 6.61 Å². The second kappa shape index (κ2) is 6.51. The number of hydrogen-bond donors (Lipinski definition) is 1. The van der Waals surface area contributed by atoms with Gasteiger partial charge in [0.15, 0.2) is 5.78 Å². The summed E-state index contributed by atoms with van der Waals surface area (Å²) in [5.74, 6) is -1.10. The lowest BCUT2D eigenvalue weighted by molar-refractivity contribution is -0.158. The van der Waals surface area contributed by atoms with Crippen LogP contribution >= 0.6 is 0 Å². The van der Waals surface area contributed by atoms with Crippen LogP contribution in [0.25, 0.3) is 0 Å². The van der Waals surface area contributed by atoms with Gasteiger partial charge in [-0.3, -0.25) is 23.9 Å². The Morgan fingerprint density at radius 3 is 2.43 bits per heavy atom. The molecule has 0 aromatic carbocycles. The van der Waals surface area contributed by atoms with E-state index in [1.807, 2.05) is 0 Å². The molecule has 0 saturated heterocycles. The number of hydrogen-bond acceptors (Lipinski definition) is 5. The van der Waals surface area contributed by atoms with Crippen molar-refractivity contribution in [3.8, 4) is 0 Å². The molecule has 0 aliphatic heterocycles. The second-order valence-electron chi connectivity index (χ2n) is 5.16. The van der Waals surface area contributed by atoms with Crippen molar-refractivity contribution in [3.05, 3.63) is 32.6 Å². The van der Waals surface area contributed by atoms with Gasteiger partial charge in [0.1, 0.15) is 5.41 Å². The maximum absolute atomic E-state index is 12.2. The average Bonchev–Trinajstić information content (AvgIpc) is 2.41. The summed E-state index contributed by atoms with van der Waals surface area (Å²) < 4.78 is 5.96. The monoisotopic (exact) mass is 296 g/mol. The zero-order chi connectivity index (χ0) is 16.2. The van der Waals surface area contributed by atoms with Crippen LogP contribution < -0.4 is 11.2 Å². The van der Waals surface area contributed by atoms with Gasteiger partial charge in [-0.2, -0.15) is 0 Å². The first-order valence-corrected chi connectivity index (χ1v) is 6.77. The Kier molecular flexibility index (Phi) is 5.23. The Morgan fingerprint density at radius 1 is 1.29 bits per heavy atom. The highest BCUT2D eigenvalue weighted by molar-refractivity contribution is 6.02. The zero-order valence-corrected chi connectivity index (χ0v) is 12.7. The molecule has 7 heteroatoms. The third-order valence-electron chi connectivity index (χ3n) is 3.26. The Labute approximate surface area is 121 Å². The number of aryl methyl sites for hydroxylation is 1. The van der Waals surface area contributed by atoms with Gasteiger partial charge >= 0.3 is 11.7 Å². The maximum atomic E-state index is 12.2. The third-order valence-corrected chi connectivity index (χ3v) is 3.26. The molecule has 1 aromatic rings. The smallest absolute Gasteiger partial charge is 0.328 e. The average molecular weight is 296 g/mol. The van der Waals surface area contributed by atoms with E-state index < -0.39 is 28.4 Å². The lowest BCUT2D eigenvalue weighted by Crippen LogP contribution is -2.41. The van der Waals surface area contributed by atoms with E-state index >= 15 is 0 Å². The van der Waals surface area contributed by atoms with E-state index in [2.05, 4.69) is 4.98 Å². The van der Waals surface area contributed by atoms with E-state index in [0.29, 0.717) is 12.0 Å². The fourth-order valence-electron chi connectivity index (χ4n) is 1.70. The molecule has 1 rings (SSSR count). The minimum absolute atomic E-state index is 0.175. The van der Waals surface area contributed by atoms with E-state index in [1.54, 1.807) is 13.8 Å². The number of carbonyl (C=O) groups is 2. The van der Waals surface area contributed by atoms with Crippen LogP contribution in [0.2, 0.25) is 0 Å². The highest BCUT2D eigenvalue weighted by atomic mass is 16.5. The van der Waals surface area contributed by atoms with Gasteiger partial charge in [-0.05, 0) is 27.2 Å². The minimum Gasteiger partial charge on any atom is -0.465 e. The van der Waals surface area contributed by atoms with E-state index in [-0.39, 0.29) is 13.2 Å². The molecule has 0 aliphatic carbocycles. The molecule has 0 spiro atoms. The largest absolute Gasteiger partial charge is 0.465 e. The summed E-state index contributed by atoms with van der Waals surface area (Å²) >= 11 is 0. The predicted molar refractivity (Wildman–Crippen MR) is 76.1 cm³/mol. The van der Waals surface area contributed by atoms with Crippen molar-refractivity contribution >= 4 is 11.8 Å². The molecule has 0 aliphatic rings. The number of ether oxygens (including phenoxy) is 1. The summed E-state index contributed by atoms with van der Waals surface area (Å²) in [7, 11) is 0. The first-order chi connectivity index (χ1) is 9.73. The fourth-order valence-corrected chi connectivity index (χ4v) is 1.70. The van der Waals surface area contributed by atoms with Crippen LogP contribution in [0.1, 0.15) is 33.3 Å². The van der Waals surface area contributed by atoms with Crippen LogP contribution in [0.15, 0.2) is 15.8 Å². The molecule has 0 fully saturated rings. The Hall–Kier alpha value is -2.18. The van der Waals surface area contributed by atoms with Crippen molar-refractivity contribution in [3.63, 3.8) is 0 Å². The van der Waals surface area contributed by atoms with Gasteiger partial charge in [0, 0.05) is 11.8 Å². The summed E-state index contributed by atoms with van der Waals surface area (Å²) in [5.41, 5.74) is -2.09. The Morgan fingerprint density at radius 2 is 1.90 bits per heavy atom. The number of rotatable bonds is 6. The highest BCUT2D eigenvalue weighted by Crippen LogP contribution is 2.19. The van der Waals surface area contributed by atoms with Crippen LogP contribution in [0.4, 0.5) is 0 Å². The second-order valence-corrected chi connectivity index (χ2v) is 5.16. The number of aromatic amines is 1. The SMILES string of the molecule is CCOC(=O)C(C)(C)C(=O)Cn1cc(CC)c(=O)[nH]c1=O. The quantitative estimate of drug-likeness (QED) is 0.599. The molecule has 0 bridgehead atoms. The molecule has 1 aromatic heterocycles. The summed E-state index contributed by atoms with van der Waals surface area (Å²) in [4.78, 5) is 49.3. The molecule has 0 saturated carbocycles. The highest BCUT2D eigenvalue weighted by Gasteiger charge is 2.37. The van der Waals surface area contributed by atoms with E-state index in [1.165, 1.54) is 20.0 Å². The van der Waals surface area contributed by atoms with Gasteiger partial charge in [0.2, 0.25) is 0 Å². The molecule has 0 amide bonds. The number of Topliss-reactive ketones (excluding diaryl/α,β-unsaturated/α-hetero) is 1. The summed E-state index contributed by atoms with van der Waals surface area (Å²) in [6.45, 7) is 6.19. The predicted octanol–water partition coefficient (Wildman–Crippen LogP) is 0.257. The van der Waals surface area contributed by atoms with Gasteiger partial charge in [0.25, 0.3) is 5.56 Å². The topological polar surface area (TPSA) is 98.2 Å². The van der Waals surface area contributed by atoms with Gasteiger partial charge in [0.05, 0.1) is 13.2 Å². The number of esters is 1. The van der Waals surface area contributed by atoms with Crippen molar-refractivity contribution in [1.29, 1.82) is 0 Å². The molecule has 1 heterocycles. The first kappa shape index (κ1) is 16.9. The van der Waals surface area contributed by atoms with Crippen LogP contribution in [0, 0.1) is 5.41 Å². The molecular weight excluding hydrogens is 276 g/mol. The number of nitrogens with one attached hydrogen (secondary N) is 1. The van der Waals surface area contributed by atoms with Crippen molar-refractivity contribution < 1.29 is 14.3 Å². The van der Waals surface area contributed by atoms with Gasteiger partial charge in [-0.25, -0.2) is 4.79 Å². The van der Waals surface area contributed by atoms with Crippen molar-refractivity contribution in [2.45, 2.75) is 40.7 Å². The Balaban J connectivity index is 3.06. The van der Waals surface area contributed by atoms with Gasteiger partial charge < -0.3 is 4.74 Å². The lowest BCUT2D eigenvalue weighted by Gasteiger charge is -2.21. The van der Waals surface area contributed by atoms with E-state index in [9.17, 15) is 19.2 Å². The maximum Gasteiger partial charge on any atom is 0.328 e. The zero-order valence-electron chi connectivity index (χ0n) is 12.7. The van der Waals surface area contributed by atoms with E-state index in [4.69, 9.17) is 4.74 Å². The lowest BCUT2D eigenvalue weighted by atomic mass is 9.88. The summed E-state index contributed by atoms with van der Waals surface area (Å²) in [6, 6.07) is 0. The van der Waals surface area contributed by atoms with E-state index in [0.717, 1.165) is 4.57 Å². The summed E-state index contributed by atoms with van der Waals surface area (Å²) in [5, 5.41) is 0.